The largest absolute Gasteiger partial charge is 0.493 e. The van der Waals surface area contributed by atoms with Gasteiger partial charge in [-0.3, -0.25) is 14.5 Å². The zero-order valence-electron chi connectivity index (χ0n) is 21.4. The van der Waals surface area contributed by atoms with E-state index in [-0.39, 0.29) is 23.7 Å². The summed E-state index contributed by atoms with van der Waals surface area (Å²) in [6.07, 6.45) is 0.814. The SMILES string of the molecule is COc1ccc(N2C(=O)CSc3c(c4ccccc4n3C)C2C(=O)NCCCOC(C)C)cc1OC. The Balaban J connectivity index is 1.80. The second-order valence-electron chi connectivity index (χ2n) is 8.85. The van der Waals surface area contributed by atoms with Crippen LogP contribution in [0.25, 0.3) is 10.9 Å². The van der Waals surface area contributed by atoms with Crippen LogP contribution in [0.15, 0.2) is 47.5 Å². The van der Waals surface area contributed by atoms with E-state index in [4.69, 9.17) is 14.2 Å². The van der Waals surface area contributed by atoms with Gasteiger partial charge in [0.2, 0.25) is 11.8 Å². The molecule has 8 nitrogen and oxygen atoms in total. The van der Waals surface area contributed by atoms with Gasteiger partial charge in [-0.25, -0.2) is 0 Å². The number of nitrogens with zero attached hydrogens (tertiary/aromatic N) is 2. The van der Waals surface area contributed by atoms with Gasteiger partial charge in [0.05, 0.1) is 31.1 Å². The molecule has 1 atom stereocenters. The lowest BCUT2D eigenvalue weighted by Gasteiger charge is -2.30. The Labute approximate surface area is 215 Å². The maximum atomic E-state index is 13.9. The second kappa shape index (κ2) is 11.3. The van der Waals surface area contributed by atoms with Gasteiger partial charge in [-0.2, -0.15) is 0 Å². The highest BCUT2D eigenvalue weighted by Gasteiger charge is 2.40. The Hall–Kier alpha value is -3.17. The van der Waals surface area contributed by atoms with E-state index in [0.717, 1.165) is 21.5 Å². The lowest BCUT2D eigenvalue weighted by Crippen LogP contribution is -2.44. The number of carbonyl (C=O) groups excluding carboxylic acids is 2. The van der Waals surface area contributed by atoms with Crippen molar-refractivity contribution in [2.24, 2.45) is 7.05 Å². The minimum atomic E-state index is -0.849. The molecule has 0 saturated carbocycles. The number of ether oxygens (including phenoxy) is 3. The summed E-state index contributed by atoms with van der Waals surface area (Å²) in [6, 6.07) is 12.4. The van der Waals surface area contributed by atoms with Crippen LogP contribution in [-0.2, 0) is 21.4 Å². The van der Waals surface area contributed by atoms with Gasteiger partial charge in [0.25, 0.3) is 0 Å². The lowest BCUT2D eigenvalue weighted by molar-refractivity contribution is -0.125. The Kier molecular flexibility index (Phi) is 8.11. The number of carbonyl (C=O) groups is 2. The van der Waals surface area contributed by atoms with Crippen LogP contribution in [0.4, 0.5) is 5.69 Å². The molecule has 0 bridgehead atoms. The first-order valence-corrected chi connectivity index (χ1v) is 13.0. The zero-order valence-corrected chi connectivity index (χ0v) is 22.2. The molecule has 3 aromatic rings. The van der Waals surface area contributed by atoms with E-state index in [1.807, 2.05) is 45.2 Å². The fourth-order valence-electron chi connectivity index (χ4n) is 4.53. The van der Waals surface area contributed by atoms with Crippen molar-refractivity contribution in [3.8, 4) is 11.5 Å². The van der Waals surface area contributed by atoms with Crippen LogP contribution in [0.5, 0.6) is 11.5 Å². The third-order valence-electron chi connectivity index (χ3n) is 6.19. The third-order valence-corrected chi connectivity index (χ3v) is 7.35. The molecule has 2 heterocycles. The Morgan fingerprint density at radius 3 is 2.61 bits per heavy atom. The van der Waals surface area contributed by atoms with Crippen molar-refractivity contribution in [2.45, 2.75) is 37.4 Å². The molecule has 0 aliphatic carbocycles. The van der Waals surface area contributed by atoms with E-state index in [0.29, 0.717) is 36.8 Å². The normalized spacial score (nSPS) is 15.7. The van der Waals surface area contributed by atoms with Gasteiger partial charge in [0.15, 0.2) is 11.5 Å². The predicted octanol–water partition coefficient (Wildman–Crippen LogP) is 4.31. The quantitative estimate of drug-likeness (QED) is 0.431. The molecule has 9 heteroatoms. The van der Waals surface area contributed by atoms with Crippen LogP contribution in [0.2, 0.25) is 0 Å². The standard InChI is InChI=1S/C27H33N3O5S/c1-17(2)35-14-8-13-28-26(32)25-24-19-9-6-7-10-20(19)29(3)27(24)36-16-23(31)30(25)18-11-12-21(33-4)22(15-18)34-5/h6-7,9-12,15,17,25H,8,13-14,16H2,1-5H3,(H,28,32). The molecule has 2 amide bonds. The maximum absolute atomic E-state index is 13.9. The summed E-state index contributed by atoms with van der Waals surface area (Å²) in [5, 5.41) is 4.92. The molecule has 192 valence electrons. The van der Waals surface area contributed by atoms with E-state index in [9.17, 15) is 9.59 Å². The van der Waals surface area contributed by atoms with Crippen LogP contribution in [-0.4, -0.2) is 55.6 Å². The second-order valence-corrected chi connectivity index (χ2v) is 9.82. The number of nitrogens with one attached hydrogen (secondary N) is 1. The maximum Gasteiger partial charge on any atom is 0.247 e. The molecular formula is C27H33N3O5S. The summed E-state index contributed by atoms with van der Waals surface area (Å²) < 4.78 is 18.6. The summed E-state index contributed by atoms with van der Waals surface area (Å²) in [7, 11) is 5.09. The number of aryl methyl sites for hydroxylation is 1. The smallest absolute Gasteiger partial charge is 0.247 e. The van der Waals surface area contributed by atoms with Crippen LogP contribution >= 0.6 is 11.8 Å². The summed E-state index contributed by atoms with van der Waals surface area (Å²) in [4.78, 5) is 29.0. The lowest BCUT2D eigenvalue weighted by atomic mass is 10.0. The predicted molar refractivity (Wildman–Crippen MR) is 142 cm³/mol. The molecule has 1 N–H and O–H groups in total. The molecule has 0 radical (unpaired) electrons. The molecule has 0 saturated heterocycles. The van der Waals surface area contributed by atoms with Gasteiger partial charge in [0.1, 0.15) is 6.04 Å². The Morgan fingerprint density at radius 2 is 1.89 bits per heavy atom. The highest BCUT2D eigenvalue weighted by Crippen LogP contribution is 2.44. The highest BCUT2D eigenvalue weighted by atomic mass is 32.2. The van der Waals surface area contributed by atoms with Gasteiger partial charge >= 0.3 is 0 Å². The topological polar surface area (TPSA) is 82.0 Å². The first kappa shape index (κ1) is 25.9. The van der Waals surface area contributed by atoms with E-state index in [1.165, 1.54) is 11.8 Å². The number of fused-ring (bicyclic) bond motifs is 3. The average molecular weight is 512 g/mol. The van der Waals surface area contributed by atoms with Gasteiger partial charge in [-0.05, 0) is 38.5 Å². The summed E-state index contributed by atoms with van der Waals surface area (Å²) in [5.74, 6) is 0.855. The van der Waals surface area contributed by atoms with Crippen molar-refractivity contribution < 1.29 is 23.8 Å². The number of benzene rings is 2. The molecule has 1 aliphatic rings. The van der Waals surface area contributed by atoms with Crippen LogP contribution in [0.1, 0.15) is 31.9 Å². The fraction of sp³-hybridized carbons (Fsp3) is 0.407. The van der Waals surface area contributed by atoms with Crippen molar-refractivity contribution in [3.05, 3.63) is 48.0 Å². The van der Waals surface area contributed by atoms with Gasteiger partial charge < -0.3 is 24.1 Å². The molecule has 0 spiro atoms. The number of rotatable bonds is 9. The van der Waals surface area contributed by atoms with Crippen LogP contribution < -0.4 is 19.7 Å². The van der Waals surface area contributed by atoms with Gasteiger partial charge in [0, 0.05) is 48.4 Å². The van der Waals surface area contributed by atoms with E-state index in [1.54, 1.807) is 37.3 Å². The molecule has 0 fully saturated rings. The molecular weight excluding hydrogens is 478 g/mol. The molecule has 4 rings (SSSR count). The van der Waals surface area contributed by atoms with Gasteiger partial charge in [-0.15, -0.1) is 0 Å². The van der Waals surface area contributed by atoms with E-state index < -0.39 is 6.04 Å². The zero-order chi connectivity index (χ0) is 25.8. The van der Waals surface area contributed by atoms with Crippen molar-refractivity contribution in [1.29, 1.82) is 0 Å². The van der Waals surface area contributed by atoms with Crippen molar-refractivity contribution >= 4 is 40.2 Å². The summed E-state index contributed by atoms with van der Waals surface area (Å²) in [5.41, 5.74) is 2.41. The molecule has 2 aromatic carbocycles. The van der Waals surface area contributed by atoms with Crippen molar-refractivity contribution in [3.63, 3.8) is 0 Å². The Bertz CT molecular complexity index is 1260. The van der Waals surface area contributed by atoms with Gasteiger partial charge in [-0.1, -0.05) is 30.0 Å². The molecule has 1 aromatic heterocycles. The number of amides is 2. The van der Waals surface area contributed by atoms with Crippen LogP contribution in [0.3, 0.4) is 0 Å². The minimum Gasteiger partial charge on any atom is -0.493 e. The first-order valence-electron chi connectivity index (χ1n) is 12.0. The number of thioether (sulfide) groups is 1. The number of anilines is 1. The number of aromatic nitrogens is 1. The monoisotopic (exact) mass is 511 g/mol. The number of hydrogen-bond donors (Lipinski definition) is 1. The van der Waals surface area contributed by atoms with Crippen molar-refractivity contribution in [2.75, 3.05) is 38.0 Å². The Morgan fingerprint density at radius 1 is 1.14 bits per heavy atom. The average Bonchev–Trinajstić information content (AvgIpc) is 3.05. The molecule has 1 aliphatic heterocycles. The van der Waals surface area contributed by atoms with Crippen molar-refractivity contribution in [1.82, 2.24) is 9.88 Å². The third kappa shape index (κ3) is 5.03. The minimum absolute atomic E-state index is 0.135. The number of hydrogen-bond acceptors (Lipinski definition) is 6. The van der Waals surface area contributed by atoms with E-state index in [2.05, 4.69) is 9.88 Å². The number of methoxy groups -OCH3 is 2. The molecule has 1 unspecified atom stereocenters. The number of para-hydroxylation sites is 1. The highest BCUT2D eigenvalue weighted by molar-refractivity contribution is 8.00. The summed E-state index contributed by atoms with van der Waals surface area (Å²) >= 11 is 1.46. The summed E-state index contributed by atoms with van der Waals surface area (Å²) in [6.45, 7) is 4.96. The fourth-order valence-corrected chi connectivity index (χ4v) is 5.59. The first-order chi connectivity index (χ1) is 17.4. The van der Waals surface area contributed by atoms with E-state index >= 15 is 0 Å². The molecule has 36 heavy (non-hydrogen) atoms. The van der Waals surface area contributed by atoms with Crippen LogP contribution in [0, 0.1) is 0 Å².